The Kier molecular flexibility index (Phi) is 3.17. The summed E-state index contributed by atoms with van der Waals surface area (Å²) in [6.07, 6.45) is 1.89. The van der Waals surface area contributed by atoms with Crippen molar-refractivity contribution < 1.29 is 0 Å². The van der Waals surface area contributed by atoms with Gasteiger partial charge >= 0.3 is 0 Å². The summed E-state index contributed by atoms with van der Waals surface area (Å²) >= 11 is 5.14. The number of aromatic nitrogens is 2. The number of hydrogen-bond acceptors (Lipinski definition) is 3. The fourth-order valence-electron chi connectivity index (χ4n) is 1.32. The van der Waals surface area contributed by atoms with Crippen LogP contribution in [-0.2, 0) is 5.33 Å². The zero-order chi connectivity index (χ0) is 10.8. The van der Waals surface area contributed by atoms with Crippen molar-refractivity contribution in [2.45, 2.75) is 19.2 Å². The summed E-state index contributed by atoms with van der Waals surface area (Å²) in [5.41, 5.74) is 3.30. The molecule has 0 aromatic carbocycles. The summed E-state index contributed by atoms with van der Waals surface area (Å²) < 4.78 is 0. The number of hydrogen-bond donors (Lipinski definition) is 0. The second-order valence-corrected chi connectivity index (χ2v) is 5.06. The molecule has 0 N–H and O–H groups in total. The van der Waals surface area contributed by atoms with E-state index in [1.165, 1.54) is 4.88 Å². The van der Waals surface area contributed by atoms with Gasteiger partial charge in [0.25, 0.3) is 0 Å². The molecule has 0 aliphatic rings. The maximum absolute atomic E-state index is 4.49. The quantitative estimate of drug-likeness (QED) is 0.785. The molecule has 0 aliphatic carbocycles. The molecule has 2 nitrogen and oxygen atoms in total. The van der Waals surface area contributed by atoms with E-state index in [1.807, 2.05) is 13.1 Å². The first-order valence-electron chi connectivity index (χ1n) is 4.64. The Morgan fingerprint density at radius 3 is 2.73 bits per heavy atom. The Morgan fingerprint density at radius 1 is 1.40 bits per heavy atom. The molecule has 0 spiro atoms. The summed E-state index contributed by atoms with van der Waals surface area (Å²) in [4.78, 5) is 10.1. The maximum Gasteiger partial charge on any atom is 0.160 e. The van der Waals surface area contributed by atoms with Gasteiger partial charge in [-0.2, -0.15) is 0 Å². The topological polar surface area (TPSA) is 25.8 Å². The van der Waals surface area contributed by atoms with Crippen molar-refractivity contribution in [3.8, 4) is 11.4 Å². The van der Waals surface area contributed by atoms with Gasteiger partial charge in [0.15, 0.2) is 5.82 Å². The molecular weight excluding hydrogens is 272 g/mol. The highest BCUT2D eigenvalue weighted by molar-refractivity contribution is 9.08. The van der Waals surface area contributed by atoms with Gasteiger partial charge in [0.2, 0.25) is 0 Å². The highest BCUT2D eigenvalue weighted by Crippen LogP contribution is 2.22. The van der Waals surface area contributed by atoms with Crippen molar-refractivity contribution in [1.82, 2.24) is 9.97 Å². The van der Waals surface area contributed by atoms with Crippen LogP contribution in [0.15, 0.2) is 17.6 Å². The van der Waals surface area contributed by atoms with Crippen LogP contribution in [0.4, 0.5) is 0 Å². The van der Waals surface area contributed by atoms with Gasteiger partial charge in [0.1, 0.15) is 0 Å². The molecule has 0 amide bonds. The standard InChI is InChI=1S/C11H11BrN2S/c1-7-3-9(6-15-7)11-13-5-10(4-12)8(2)14-11/h3,5-6H,4H2,1-2H3. The van der Waals surface area contributed by atoms with Crippen molar-refractivity contribution in [3.63, 3.8) is 0 Å². The average molecular weight is 283 g/mol. The lowest BCUT2D eigenvalue weighted by molar-refractivity contribution is 1.07. The van der Waals surface area contributed by atoms with Gasteiger partial charge in [-0.25, -0.2) is 9.97 Å². The monoisotopic (exact) mass is 282 g/mol. The minimum absolute atomic E-state index is 0.807. The molecule has 4 heteroatoms. The molecule has 15 heavy (non-hydrogen) atoms. The van der Waals surface area contributed by atoms with Crippen molar-refractivity contribution in [1.29, 1.82) is 0 Å². The van der Waals surface area contributed by atoms with Gasteiger partial charge in [-0.3, -0.25) is 0 Å². The lowest BCUT2D eigenvalue weighted by Gasteiger charge is -2.02. The number of thiophene rings is 1. The smallest absolute Gasteiger partial charge is 0.160 e. The van der Waals surface area contributed by atoms with Gasteiger partial charge in [-0.1, -0.05) is 15.9 Å². The van der Waals surface area contributed by atoms with Gasteiger partial charge in [-0.15, -0.1) is 11.3 Å². The molecule has 2 heterocycles. The molecule has 0 unspecified atom stereocenters. The first-order valence-corrected chi connectivity index (χ1v) is 6.65. The fourth-order valence-corrected chi connectivity index (χ4v) is 2.55. The number of nitrogens with zero attached hydrogens (tertiary/aromatic N) is 2. The normalized spacial score (nSPS) is 10.6. The highest BCUT2D eigenvalue weighted by Gasteiger charge is 2.05. The summed E-state index contributed by atoms with van der Waals surface area (Å²) in [5, 5.41) is 2.90. The van der Waals surface area contributed by atoms with E-state index >= 15 is 0 Å². The molecule has 0 saturated carbocycles. The van der Waals surface area contributed by atoms with Crippen LogP contribution in [0, 0.1) is 13.8 Å². The van der Waals surface area contributed by atoms with Gasteiger partial charge in [-0.05, 0) is 19.9 Å². The van der Waals surface area contributed by atoms with E-state index in [4.69, 9.17) is 0 Å². The van der Waals surface area contributed by atoms with Crippen molar-refractivity contribution in [2.24, 2.45) is 0 Å². The Bertz CT molecular complexity index is 479. The first kappa shape index (κ1) is 10.8. The number of aryl methyl sites for hydroxylation is 2. The van der Waals surface area contributed by atoms with Gasteiger partial charge in [0.05, 0.1) is 0 Å². The molecule has 0 radical (unpaired) electrons. The predicted molar refractivity (Wildman–Crippen MR) is 67.5 cm³/mol. The Labute approximate surface area is 102 Å². The Hall–Kier alpha value is -0.740. The maximum atomic E-state index is 4.49. The van der Waals surface area contributed by atoms with Crippen LogP contribution in [0.25, 0.3) is 11.4 Å². The summed E-state index contributed by atoms with van der Waals surface area (Å²) in [6.45, 7) is 4.11. The molecule has 78 valence electrons. The van der Waals surface area contributed by atoms with Crippen LogP contribution in [0.1, 0.15) is 16.1 Å². The van der Waals surface area contributed by atoms with E-state index in [0.29, 0.717) is 0 Å². The van der Waals surface area contributed by atoms with Crippen LogP contribution in [0.2, 0.25) is 0 Å². The molecule has 0 fully saturated rings. The number of alkyl halides is 1. The largest absolute Gasteiger partial charge is 0.236 e. The SMILES string of the molecule is Cc1cc(-c2ncc(CBr)c(C)n2)cs1. The number of halogens is 1. The van der Waals surface area contributed by atoms with E-state index in [9.17, 15) is 0 Å². The second-order valence-electron chi connectivity index (χ2n) is 3.38. The average Bonchev–Trinajstić information content (AvgIpc) is 2.65. The van der Waals surface area contributed by atoms with Crippen LogP contribution < -0.4 is 0 Å². The van der Waals surface area contributed by atoms with E-state index in [1.54, 1.807) is 11.3 Å². The third kappa shape index (κ3) is 2.26. The third-order valence-corrected chi connectivity index (χ3v) is 3.68. The van der Waals surface area contributed by atoms with Crippen molar-refractivity contribution in [3.05, 3.63) is 33.8 Å². The molecule has 2 aromatic rings. The predicted octanol–water partition coefficient (Wildman–Crippen LogP) is 3.72. The van der Waals surface area contributed by atoms with Crippen LogP contribution in [-0.4, -0.2) is 9.97 Å². The molecule has 0 bridgehead atoms. The van der Waals surface area contributed by atoms with Crippen molar-refractivity contribution in [2.75, 3.05) is 0 Å². The lowest BCUT2D eigenvalue weighted by atomic mass is 10.2. The molecule has 0 saturated heterocycles. The minimum atomic E-state index is 0.807. The third-order valence-electron chi connectivity index (χ3n) is 2.21. The Balaban J connectivity index is 2.42. The zero-order valence-corrected chi connectivity index (χ0v) is 11.0. The van der Waals surface area contributed by atoms with Crippen LogP contribution in [0.5, 0.6) is 0 Å². The molecule has 2 aromatic heterocycles. The first-order chi connectivity index (χ1) is 7.20. The minimum Gasteiger partial charge on any atom is -0.236 e. The molecule has 0 atom stereocenters. The van der Waals surface area contributed by atoms with E-state index < -0.39 is 0 Å². The Morgan fingerprint density at radius 2 is 2.20 bits per heavy atom. The van der Waals surface area contributed by atoms with Gasteiger partial charge in [0, 0.05) is 38.6 Å². The van der Waals surface area contributed by atoms with Gasteiger partial charge < -0.3 is 0 Å². The lowest BCUT2D eigenvalue weighted by Crippen LogP contribution is -1.95. The van der Waals surface area contributed by atoms with Crippen LogP contribution >= 0.6 is 27.3 Å². The molecule has 2 rings (SSSR count). The summed E-state index contributed by atoms with van der Waals surface area (Å²) in [6, 6.07) is 2.12. The fraction of sp³-hybridized carbons (Fsp3) is 0.273. The van der Waals surface area contributed by atoms with Crippen molar-refractivity contribution >= 4 is 27.3 Å². The zero-order valence-electron chi connectivity index (χ0n) is 8.62. The van der Waals surface area contributed by atoms with E-state index in [0.717, 1.165) is 28.0 Å². The van der Waals surface area contributed by atoms with E-state index in [-0.39, 0.29) is 0 Å². The van der Waals surface area contributed by atoms with Crippen LogP contribution in [0.3, 0.4) is 0 Å². The second kappa shape index (κ2) is 4.41. The highest BCUT2D eigenvalue weighted by atomic mass is 79.9. The molecule has 0 aliphatic heterocycles. The summed E-state index contributed by atoms with van der Waals surface area (Å²) in [5.74, 6) is 0.821. The summed E-state index contributed by atoms with van der Waals surface area (Å²) in [7, 11) is 0. The van der Waals surface area contributed by atoms with E-state index in [2.05, 4.69) is 44.3 Å². The number of rotatable bonds is 2. The molecular formula is C11H11BrN2S.